The van der Waals surface area contributed by atoms with Gasteiger partial charge in [-0.2, -0.15) is 5.26 Å². The SMILES string of the molecule is N#Cc1c(SCC(=O)O)nc2c(c1-c1ccc(Br)cc1)C(=O)c1ccccc1-2. The summed E-state index contributed by atoms with van der Waals surface area (Å²) in [5, 5.41) is 19.2. The highest BCUT2D eigenvalue weighted by Gasteiger charge is 2.34. The largest absolute Gasteiger partial charge is 0.481 e. The maximum Gasteiger partial charge on any atom is 0.313 e. The average molecular weight is 451 g/mol. The highest BCUT2D eigenvalue weighted by molar-refractivity contribution is 9.10. The number of benzene rings is 2. The van der Waals surface area contributed by atoms with E-state index < -0.39 is 5.97 Å². The maximum absolute atomic E-state index is 13.1. The maximum atomic E-state index is 13.1. The van der Waals surface area contributed by atoms with Crippen LogP contribution in [-0.2, 0) is 4.79 Å². The Balaban J connectivity index is 2.05. The molecule has 3 aromatic rings. The van der Waals surface area contributed by atoms with E-state index in [0.29, 0.717) is 38.5 Å². The van der Waals surface area contributed by atoms with E-state index >= 15 is 0 Å². The van der Waals surface area contributed by atoms with Crippen LogP contribution in [0.3, 0.4) is 0 Å². The fraction of sp³-hybridized carbons (Fsp3) is 0.0476. The summed E-state index contributed by atoms with van der Waals surface area (Å²) in [6.07, 6.45) is 0. The molecule has 0 atom stereocenters. The lowest BCUT2D eigenvalue weighted by Gasteiger charge is -2.13. The van der Waals surface area contributed by atoms with Crippen LogP contribution in [0.15, 0.2) is 58.0 Å². The Morgan fingerprint density at radius 2 is 1.79 bits per heavy atom. The topological polar surface area (TPSA) is 91.1 Å². The molecule has 7 heteroatoms. The van der Waals surface area contributed by atoms with Gasteiger partial charge in [0, 0.05) is 21.2 Å². The number of halogens is 1. The molecule has 0 fully saturated rings. The summed E-state index contributed by atoms with van der Waals surface area (Å²) in [6, 6.07) is 16.6. The van der Waals surface area contributed by atoms with Crippen molar-refractivity contribution in [1.82, 2.24) is 4.98 Å². The minimum atomic E-state index is -1.00. The number of nitriles is 1. The number of thioether (sulfide) groups is 1. The molecule has 0 saturated heterocycles. The molecule has 136 valence electrons. The molecule has 5 nitrogen and oxygen atoms in total. The monoisotopic (exact) mass is 450 g/mol. The lowest BCUT2D eigenvalue weighted by Crippen LogP contribution is -2.05. The quantitative estimate of drug-likeness (QED) is 0.450. The zero-order valence-corrected chi connectivity index (χ0v) is 16.7. The number of pyridine rings is 1. The molecule has 2 aromatic carbocycles. The highest BCUT2D eigenvalue weighted by Crippen LogP contribution is 2.44. The molecule has 0 saturated carbocycles. The van der Waals surface area contributed by atoms with Gasteiger partial charge in [0.25, 0.3) is 0 Å². The molecule has 1 aliphatic carbocycles. The number of carbonyl (C=O) groups is 2. The highest BCUT2D eigenvalue weighted by atomic mass is 79.9. The summed E-state index contributed by atoms with van der Waals surface area (Å²) in [5.74, 6) is -1.41. The third-order valence-corrected chi connectivity index (χ3v) is 5.88. The van der Waals surface area contributed by atoms with E-state index in [2.05, 4.69) is 27.0 Å². The van der Waals surface area contributed by atoms with E-state index in [-0.39, 0.29) is 17.1 Å². The van der Waals surface area contributed by atoms with Crippen LogP contribution in [-0.4, -0.2) is 27.6 Å². The Morgan fingerprint density at radius 3 is 2.43 bits per heavy atom. The summed E-state index contributed by atoms with van der Waals surface area (Å²) < 4.78 is 0.871. The Bertz CT molecular complexity index is 1180. The molecule has 0 aliphatic heterocycles. The fourth-order valence-electron chi connectivity index (χ4n) is 3.25. The van der Waals surface area contributed by atoms with E-state index in [1.54, 1.807) is 12.1 Å². The van der Waals surface area contributed by atoms with Crippen molar-refractivity contribution in [1.29, 1.82) is 5.26 Å². The number of hydrogen-bond acceptors (Lipinski definition) is 5. The van der Waals surface area contributed by atoms with Crippen molar-refractivity contribution in [2.45, 2.75) is 5.03 Å². The molecule has 0 radical (unpaired) electrons. The number of carbonyl (C=O) groups excluding carboxylic acids is 1. The van der Waals surface area contributed by atoms with Crippen molar-refractivity contribution in [3.63, 3.8) is 0 Å². The number of fused-ring (bicyclic) bond motifs is 3. The Morgan fingerprint density at radius 1 is 1.11 bits per heavy atom. The third-order valence-electron chi connectivity index (χ3n) is 4.39. The van der Waals surface area contributed by atoms with Crippen molar-refractivity contribution in [3.8, 4) is 28.5 Å². The number of carboxylic acid groups (broad SMARTS) is 1. The molecule has 4 rings (SSSR count). The van der Waals surface area contributed by atoms with Gasteiger partial charge in [0.2, 0.25) is 0 Å². The number of rotatable bonds is 4. The summed E-state index contributed by atoms with van der Waals surface area (Å²) in [6.45, 7) is 0. The standard InChI is InChI=1S/C21H11BrN2O3S/c22-12-7-5-11(6-8-12)17-15(9-23)21(28-10-16(25)26)24-19-13-3-1-2-4-14(13)20(27)18(17)19/h1-8H,10H2,(H,25,26). The summed E-state index contributed by atoms with van der Waals surface area (Å²) in [5.41, 5.74) is 3.53. The first kappa shape index (κ1) is 18.4. The van der Waals surface area contributed by atoms with E-state index in [1.807, 2.05) is 36.4 Å². The number of carboxylic acids is 1. The van der Waals surface area contributed by atoms with Gasteiger partial charge in [-0.3, -0.25) is 9.59 Å². The van der Waals surface area contributed by atoms with E-state index in [9.17, 15) is 14.9 Å². The van der Waals surface area contributed by atoms with Gasteiger partial charge in [-0.25, -0.2) is 4.98 Å². The summed E-state index contributed by atoms with van der Waals surface area (Å²) in [4.78, 5) is 28.7. The first-order chi connectivity index (χ1) is 13.5. The van der Waals surface area contributed by atoms with Crippen LogP contribution in [0.25, 0.3) is 22.4 Å². The predicted octanol–water partition coefficient (Wildman–Crippen LogP) is 4.77. The summed E-state index contributed by atoms with van der Waals surface area (Å²) in [7, 11) is 0. The number of ketones is 1. The second-order valence-corrected chi connectivity index (χ2v) is 7.95. The minimum Gasteiger partial charge on any atom is -0.481 e. The zero-order valence-electron chi connectivity index (χ0n) is 14.3. The number of hydrogen-bond donors (Lipinski definition) is 1. The van der Waals surface area contributed by atoms with Crippen LogP contribution < -0.4 is 0 Å². The second-order valence-electron chi connectivity index (χ2n) is 6.07. The first-order valence-electron chi connectivity index (χ1n) is 8.24. The smallest absolute Gasteiger partial charge is 0.313 e. The molecule has 0 amide bonds. The zero-order chi connectivity index (χ0) is 19.8. The van der Waals surface area contributed by atoms with Gasteiger partial charge in [-0.15, -0.1) is 0 Å². The Hall–Kier alpha value is -2.95. The van der Waals surface area contributed by atoms with Gasteiger partial charge in [-0.1, -0.05) is 64.1 Å². The third kappa shape index (κ3) is 3.01. The van der Waals surface area contributed by atoms with Crippen molar-refractivity contribution in [2.75, 3.05) is 5.75 Å². The molecule has 1 aromatic heterocycles. The Labute approximate surface area is 173 Å². The van der Waals surface area contributed by atoms with Crippen molar-refractivity contribution >= 4 is 39.4 Å². The second kappa shape index (κ2) is 7.23. The molecule has 0 unspecified atom stereocenters. The molecule has 1 aliphatic rings. The molecule has 0 spiro atoms. The van der Waals surface area contributed by atoms with Gasteiger partial charge in [-0.05, 0) is 17.7 Å². The van der Waals surface area contributed by atoms with Crippen LogP contribution >= 0.6 is 27.7 Å². The lowest BCUT2D eigenvalue weighted by molar-refractivity contribution is -0.133. The van der Waals surface area contributed by atoms with Crippen molar-refractivity contribution < 1.29 is 14.7 Å². The fourth-order valence-corrected chi connectivity index (χ4v) is 4.22. The van der Waals surface area contributed by atoms with Gasteiger partial charge in [0.05, 0.1) is 22.6 Å². The lowest BCUT2D eigenvalue weighted by atomic mass is 9.94. The normalized spacial score (nSPS) is 11.6. The van der Waals surface area contributed by atoms with Crippen molar-refractivity contribution in [2.24, 2.45) is 0 Å². The number of nitrogens with zero attached hydrogens (tertiary/aromatic N) is 2. The van der Waals surface area contributed by atoms with E-state index in [4.69, 9.17) is 5.11 Å². The number of aliphatic carboxylic acids is 1. The van der Waals surface area contributed by atoms with Gasteiger partial charge in [0.1, 0.15) is 11.1 Å². The van der Waals surface area contributed by atoms with Crippen LogP contribution in [0.5, 0.6) is 0 Å². The van der Waals surface area contributed by atoms with Gasteiger partial charge in [0.15, 0.2) is 5.78 Å². The van der Waals surface area contributed by atoms with E-state index in [0.717, 1.165) is 16.2 Å². The van der Waals surface area contributed by atoms with Crippen LogP contribution in [0.2, 0.25) is 0 Å². The van der Waals surface area contributed by atoms with E-state index in [1.165, 1.54) is 0 Å². The first-order valence-corrected chi connectivity index (χ1v) is 10.0. The van der Waals surface area contributed by atoms with Crippen LogP contribution in [0, 0.1) is 11.3 Å². The average Bonchev–Trinajstić information content (AvgIpc) is 2.98. The van der Waals surface area contributed by atoms with Gasteiger partial charge >= 0.3 is 5.97 Å². The number of aromatic nitrogens is 1. The molecule has 28 heavy (non-hydrogen) atoms. The minimum absolute atomic E-state index is 0.178. The summed E-state index contributed by atoms with van der Waals surface area (Å²) >= 11 is 4.37. The molecular weight excluding hydrogens is 440 g/mol. The molecule has 0 bridgehead atoms. The molecule has 1 N–H and O–H groups in total. The molecular formula is C21H11BrN2O3S. The van der Waals surface area contributed by atoms with Crippen molar-refractivity contribution in [3.05, 3.63) is 69.7 Å². The van der Waals surface area contributed by atoms with Crippen LogP contribution in [0.4, 0.5) is 0 Å². The Kier molecular flexibility index (Phi) is 4.75. The predicted molar refractivity (Wildman–Crippen MR) is 109 cm³/mol. The molecule has 1 heterocycles. The van der Waals surface area contributed by atoms with Crippen LogP contribution in [0.1, 0.15) is 21.5 Å². The van der Waals surface area contributed by atoms with Gasteiger partial charge < -0.3 is 5.11 Å².